The van der Waals surface area contributed by atoms with Gasteiger partial charge in [-0.3, -0.25) is 9.59 Å². The van der Waals surface area contributed by atoms with E-state index in [-0.39, 0.29) is 18.4 Å². The van der Waals surface area contributed by atoms with Crippen LogP contribution in [0.1, 0.15) is 20.3 Å². The van der Waals surface area contributed by atoms with Crippen LogP contribution in [0, 0.1) is 11.8 Å². The lowest BCUT2D eigenvalue weighted by Crippen LogP contribution is -2.39. The molecule has 2 amide bonds. The lowest BCUT2D eigenvalue weighted by Gasteiger charge is -2.22. The van der Waals surface area contributed by atoms with Crippen molar-refractivity contribution in [1.82, 2.24) is 4.90 Å². The second-order valence-electron chi connectivity index (χ2n) is 6.03. The monoisotopic (exact) mass is 289 g/mol. The van der Waals surface area contributed by atoms with Gasteiger partial charge in [-0.05, 0) is 36.1 Å². The van der Waals surface area contributed by atoms with Gasteiger partial charge in [0.25, 0.3) is 0 Å². The molecule has 114 valence electrons. The Morgan fingerprint density at radius 1 is 1.38 bits per heavy atom. The molecule has 1 saturated heterocycles. The zero-order chi connectivity index (χ0) is 15.6. The number of likely N-dealkylation sites (N-methyl/N-ethyl adjacent to an activating group) is 1. The first-order valence-electron chi connectivity index (χ1n) is 7.28. The fourth-order valence-corrected chi connectivity index (χ4v) is 2.51. The van der Waals surface area contributed by atoms with Gasteiger partial charge in [-0.1, -0.05) is 13.8 Å². The van der Waals surface area contributed by atoms with Crippen molar-refractivity contribution in [2.24, 2.45) is 11.8 Å². The summed E-state index contributed by atoms with van der Waals surface area (Å²) in [5.41, 5.74) is 7.08. The summed E-state index contributed by atoms with van der Waals surface area (Å²) in [6, 6.07) is 7.12. The molecular weight excluding hydrogens is 266 g/mol. The standard InChI is InChI=1S/C16H23N3O2/c1-11(2)12-8-15(20)19(9-12)10-16(21)18(3)14-6-4-13(17)5-7-14/h4-7,11-12H,8-10,17H2,1-3H3. The van der Waals surface area contributed by atoms with Crippen molar-refractivity contribution in [2.75, 3.05) is 30.8 Å². The van der Waals surface area contributed by atoms with E-state index in [1.54, 1.807) is 41.1 Å². The number of carbonyl (C=O) groups is 2. The highest BCUT2D eigenvalue weighted by Gasteiger charge is 2.32. The first-order chi connectivity index (χ1) is 9.88. The summed E-state index contributed by atoms with van der Waals surface area (Å²) in [6.07, 6.45) is 0.552. The third-order valence-corrected chi connectivity index (χ3v) is 4.17. The fraction of sp³-hybridized carbons (Fsp3) is 0.500. The third kappa shape index (κ3) is 3.54. The van der Waals surface area contributed by atoms with Crippen LogP contribution in [0.2, 0.25) is 0 Å². The van der Waals surface area contributed by atoms with Gasteiger partial charge in [-0.2, -0.15) is 0 Å². The molecule has 0 radical (unpaired) electrons. The number of rotatable bonds is 4. The summed E-state index contributed by atoms with van der Waals surface area (Å²) in [7, 11) is 1.72. The van der Waals surface area contributed by atoms with E-state index in [9.17, 15) is 9.59 Å². The highest BCUT2D eigenvalue weighted by atomic mass is 16.2. The van der Waals surface area contributed by atoms with Crippen LogP contribution in [0.15, 0.2) is 24.3 Å². The first kappa shape index (κ1) is 15.4. The van der Waals surface area contributed by atoms with E-state index in [2.05, 4.69) is 13.8 Å². The summed E-state index contributed by atoms with van der Waals surface area (Å²) < 4.78 is 0. The molecule has 0 spiro atoms. The molecule has 0 saturated carbocycles. The molecular formula is C16H23N3O2. The average molecular weight is 289 g/mol. The number of carbonyl (C=O) groups excluding carboxylic acids is 2. The average Bonchev–Trinajstić information content (AvgIpc) is 2.80. The molecule has 5 nitrogen and oxygen atoms in total. The highest BCUT2D eigenvalue weighted by molar-refractivity contribution is 5.96. The Labute approximate surface area is 125 Å². The van der Waals surface area contributed by atoms with Gasteiger partial charge in [0.2, 0.25) is 11.8 Å². The largest absolute Gasteiger partial charge is 0.399 e. The Kier molecular flexibility index (Phi) is 4.50. The maximum absolute atomic E-state index is 12.3. The second-order valence-corrected chi connectivity index (χ2v) is 6.03. The van der Waals surface area contributed by atoms with Crippen LogP contribution in [0.4, 0.5) is 11.4 Å². The van der Waals surface area contributed by atoms with Gasteiger partial charge in [-0.15, -0.1) is 0 Å². The zero-order valence-electron chi connectivity index (χ0n) is 12.9. The molecule has 1 fully saturated rings. The van der Waals surface area contributed by atoms with E-state index in [1.165, 1.54) is 0 Å². The van der Waals surface area contributed by atoms with E-state index >= 15 is 0 Å². The number of nitrogens with two attached hydrogens (primary N) is 1. The van der Waals surface area contributed by atoms with E-state index in [4.69, 9.17) is 5.73 Å². The molecule has 5 heteroatoms. The van der Waals surface area contributed by atoms with Gasteiger partial charge in [0.15, 0.2) is 0 Å². The summed E-state index contributed by atoms with van der Waals surface area (Å²) in [5, 5.41) is 0. The van der Waals surface area contributed by atoms with Crippen molar-refractivity contribution in [1.29, 1.82) is 0 Å². The van der Waals surface area contributed by atoms with Gasteiger partial charge < -0.3 is 15.5 Å². The summed E-state index contributed by atoms with van der Waals surface area (Å²) in [6.45, 7) is 5.05. The molecule has 1 aliphatic heterocycles. The smallest absolute Gasteiger partial charge is 0.246 e. The minimum absolute atomic E-state index is 0.0766. The Bertz CT molecular complexity index is 525. The summed E-state index contributed by atoms with van der Waals surface area (Å²) in [4.78, 5) is 27.5. The predicted molar refractivity (Wildman–Crippen MR) is 83.8 cm³/mol. The predicted octanol–water partition coefficient (Wildman–Crippen LogP) is 1.74. The Morgan fingerprint density at radius 3 is 2.52 bits per heavy atom. The van der Waals surface area contributed by atoms with Gasteiger partial charge in [0.1, 0.15) is 6.54 Å². The molecule has 0 aromatic heterocycles. The minimum atomic E-state index is -0.0856. The van der Waals surface area contributed by atoms with Gasteiger partial charge in [0.05, 0.1) is 0 Å². The molecule has 2 rings (SSSR count). The topological polar surface area (TPSA) is 66.6 Å². The Balaban J connectivity index is 1.98. The molecule has 1 aromatic carbocycles. The van der Waals surface area contributed by atoms with E-state index in [0.29, 0.717) is 30.5 Å². The van der Waals surface area contributed by atoms with Crippen molar-refractivity contribution < 1.29 is 9.59 Å². The van der Waals surface area contributed by atoms with E-state index < -0.39 is 0 Å². The van der Waals surface area contributed by atoms with Crippen LogP contribution in [0.25, 0.3) is 0 Å². The number of hydrogen-bond acceptors (Lipinski definition) is 3. The number of amides is 2. The fourth-order valence-electron chi connectivity index (χ4n) is 2.51. The molecule has 1 aliphatic rings. The maximum Gasteiger partial charge on any atom is 0.246 e. The van der Waals surface area contributed by atoms with Crippen LogP contribution in [0.3, 0.4) is 0 Å². The summed E-state index contributed by atoms with van der Waals surface area (Å²) >= 11 is 0. The van der Waals surface area contributed by atoms with Crippen LogP contribution >= 0.6 is 0 Å². The van der Waals surface area contributed by atoms with E-state index in [1.807, 2.05) is 0 Å². The number of nitrogens with zero attached hydrogens (tertiary/aromatic N) is 2. The third-order valence-electron chi connectivity index (χ3n) is 4.17. The molecule has 1 atom stereocenters. The van der Waals surface area contributed by atoms with Crippen LogP contribution in [-0.4, -0.2) is 36.9 Å². The molecule has 1 heterocycles. The molecule has 2 N–H and O–H groups in total. The van der Waals surface area contributed by atoms with Crippen molar-refractivity contribution >= 4 is 23.2 Å². The Morgan fingerprint density at radius 2 is 2.00 bits per heavy atom. The van der Waals surface area contributed by atoms with Crippen LogP contribution in [-0.2, 0) is 9.59 Å². The number of benzene rings is 1. The zero-order valence-corrected chi connectivity index (χ0v) is 12.9. The van der Waals surface area contributed by atoms with Gasteiger partial charge >= 0.3 is 0 Å². The van der Waals surface area contributed by atoms with Crippen molar-refractivity contribution in [2.45, 2.75) is 20.3 Å². The molecule has 0 aliphatic carbocycles. The molecule has 0 bridgehead atoms. The van der Waals surface area contributed by atoms with Crippen molar-refractivity contribution in [3.8, 4) is 0 Å². The molecule has 1 aromatic rings. The summed E-state index contributed by atoms with van der Waals surface area (Å²) in [5.74, 6) is 0.807. The van der Waals surface area contributed by atoms with Crippen LogP contribution in [0.5, 0.6) is 0 Å². The molecule has 21 heavy (non-hydrogen) atoms. The maximum atomic E-state index is 12.3. The van der Waals surface area contributed by atoms with Crippen molar-refractivity contribution in [3.05, 3.63) is 24.3 Å². The van der Waals surface area contributed by atoms with E-state index in [0.717, 1.165) is 5.69 Å². The van der Waals surface area contributed by atoms with Crippen molar-refractivity contribution in [3.63, 3.8) is 0 Å². The lowest BCUT2D eigenvalue weighted by atomic mass is 9.95. The molecule has 1 unspecified atom stereocenters. The number of nitrogen functional groups attached to an aromatic ring is 1. The normalized spacial score (nSPS) is 18.4. The lowest BCUT2D eigenvalue weighted by molar-refractivity contribution is -0.132. The number of likely N-dealkylation sites (tertiary alicyclic amines) is 1. The number of hydrogen-bond donors (Lipinski definition) is 1. The second kappa shape index (κ2) is 6.16. The highest BCUT2D eigenvalue weighted by Crippen LogP contribution is 2.25. The van der Waals surface area contributed by atoms with Gasteiger partial charge in [-0.25, -0.2) is 0 Å². The Hall–Kier alpha value is -2.04. The number of anilines is 2. The van der Waals surface area contributed by atoms with Gasteiger partial charge in [0, 0.05) is 31.4 Å². The quantitative estimate of drug-likeness (QED) is 0.859. The van der Waals surface area contributed by atoms with Crippen LogP contribution < -0.4 is 10.6 Å². The SMILES string of the molecule is CC(C)C1CC(=O)N(CC(=O)N(C)c2ccc(N)cc2)C1. The first-order valence-corrected chi connectivity index (χ1v) is 7.28. The minimum Gasteiger partial charge on any atom is -0.399 e.